The van der Waals surface area contributed by atoms with Gasteiger partial charge in [0, 0.05) is 18.2 Å². The van der Waals surface area contributed by atoms with Crippen LogP contribution in [0.2, 0.25) is 5.02 Å². The fourth-order valence-electron chi connectivity index (χ4n) is 1.79. The summed E-state index contributed by atoms with van der Waals surface area (Å²) in [7, 11) is 1.63. The van der Waals surface area contributed by atoms with E-state index in [9.17, 15) is 4.79 Å². The van der Waals surface area contributed by atoms with Gasteiger partial charge in [0.1, 0.15) is 0 Å². The molecule has 0 saturated carbocycles. The molecule has 0 aromatic heterocycles. The summed E-state index contributed by atoms with van der Waals surface area (Å²) in [6, 6.07) is 4.78. The molecule has 0 bridgehead atoms. The van der Waals surface area contributed by atoms with E-state index in [2.05, 4.69) is 12.2 Å². The number of carboxylic acid groups (broad SMARTS) is 1. The summed E-state index contributed by atoms with van der Waals surface area (Å²) in [4.78, 5) is 11.1. The van der Waals surface area contributed by atoms with Crippen molar-refractivity contribution in [3.05, 3.63) is 28.8 Å². The van der Waals surface area contributed by atoms with Crippen molar-refractivity contribution in [2.75, 3.05) is 19.0 Å². The third-order valence-corrected chi connectivity index (χ3v) is 2.81. The van der Waals surface area contributed by atoms with E-state index in [1.165, 1.54) is 6.07 Å². The fraction of sp³-hybridized carbons (Fsp3) is 0.462. The monoisotopic (exact) mass is 271 g/mol. The van der Waals surface area contributed by atoms with E-state index in [0.717, 1.165) is 12.8 Å². The number of nitrogens with one attached hydrogen (secondary N) is 1. The van der Waals surface area contributed by atoms with E-state index in [1.807, 2.05) is 0 Å². The van der Waals surface area contributed by atoms with Gasteiger partial charge in [-0.25, -0.2) is 4.79 Å². The van der Waals surface area contributed by atoms with Crippen molar-refractivity contribution in [3.8, 4) is 0 Å². The molecule has 0 aliphatic carbocycles. The van der Waals surface area contributed by atoms with Gasteiger partial charge in [0.2, 0.25) is 0 Å². The Morgan fingerprint density at radius 3 is 2.83 bits per heavy atom. The largest absolute Gasteiger partial charge is 0.478 e. The molecule has 100 valence electrons. The number of ether oxygens (including phenoxy) is 1. The van der Waals surface area contributed by atoms with Crippen LogP contribution in [0.15, 0.2) is 18.2 Å². The quantitative estimate of drug-likeness (QED) is 0.799. The van der Waals surface area contributed by atoms with Crippen LogP contribution in [-0.2, 0) is 4.74 Å². The van der Waals surface area contributed by atoms with E-state index in [0.29, 0.717) is 17.3 Å². The van der Waals surface area contributed by atoms with Crippen molar-refractivity contribution in [2.24, 2.45) is 0 Å². The van der Waals surface area contributed by atoms with Crippen molar-refractivity contribution < 1.29 is 14.6 Å². The maximum Gasteiger partial charge on any atom is 0.337 e. The summed E-state index contributed by atoms with van der Waals surface area (Å²) in [5.41, 5.74) is 0.752. The third kappa shape index (κ3) is 4.20. The van der Waals surface area contributed by atoms with Crippen molar-refractivity contribution in [1.29, 1.82) is 0 Å². The summed E-state index contributed by atoms with van der Waals surface area (Å²) in [5, 5.41) is 12.8. The van der Waals surface area contributed by atoms with E-state index in [4.69, 9.17) is 21.4 Å². The molecular weight excluding hydrogens is 254 g/mol. The predicted molar refractivity (Wildman–Crippen MR) is 72.6 cm³/mol. The Morgan fingerprint density at radius 2 is 2.28 bits per heavy atom. The van der Waals surface area contributed by atoms with Gasteiger partial charge >= 0.3 is 5.97 Å². The molecule has 4 nitrogen and oxygen atoms in total. The first-order valence-corrected chi connectivity index (χ1v) is 6.24. The van der Waals surface area contributed by atoms with Gasteiger partial charge in [-0.3, -0.25) is 0 Å². The highest BCUT2D eigenvalue weighted by atomic mass is 35.5. The number of carbonyl (C=O) groups is 1. The first-order valence-electron chi connectivity index (χ1n) is 5.86. The van der Waals surface area contributed by atoms with E-state index < -0.39 is 5.97 Å². The minimum Gasteiger partial charge on any atom is -0.478 e. The van der Waals surface area contributed by atoms with Gasteiger partial charge < -0.3 is 15.2 Å². The maximum atomic E-state index is 11.1. The van der Waals surface area contributed by atoms with Gasteiger partial charge in [-0.05, 0) is 24.6 Å². The van der Waals surface area contributed by atoms with Crippen LogP contribution in [0, 0.1) is 0 Å². The van der Waals surface area contributed by atoms with Gasteiger partial charge in [-0.2, -0.15) is 0 Å². The molecule has 1 aromatic carbocycles. The number of rotatable bonds is 7. The number of aromatic carboxylic acids is 1. The van der Waals surface area contributed by atoms with Crippen LogP contribution in [0.5, 0.6) is 0 Å². The number of halogens is 1. The Bertz CT molecular complexity index is 403. The summed E-state index contributed by atoms with van der Waals surface area (Å²) in [5.74, 6) is -0.971. The van der Waals surface area contributed by atoms with Gasteiger partial charge in [-0.1, -0.05) is 24.9 Å². The smallest absolute Gasteiger partial charge is 0.337 e. The molecule has 2 N–H and O–H groups in total. The number of anilines is 1. The zero-order valence-corrected chi connectivity index (χ0v) is 11.3. The Morgan fingerprint density at radius 1 is 1.56 bits per heavy atom. The van der Waals surface area contributed by atoms with E-state index >= 15 is 0 Å². The van der Waals surface area contributed by atoms with Crippen LogP contribution in [0.4, 0.5) is 5.69 Å². The highest BCUT2D eigenvalue weighted by Crippen LogP contribution is 2.22. The predicted octanol–water partition coefficient (Wildman–Crippen LogP) is 3.27. The molecule has 18 heavy (non-hydrogen) atoms. The molecule has 0 amide bonds. The Labute approximate surface area is 112 Å². The van der Waals surface area contributed by atoms with Gasteiger partial charge in [0.05, 0.1) is 17.9 Å². The molecule has 0 aliphatic rings. The number of methoxy groups -OCH3 is 1. The summed E-state index contributed by atoms with van der Waals surface area (Å²) in [6.45, 7) is 2.60. The van der Waals surface area contributed by atoms with Gasteiger partial charge in [0.25, 0.3) is 0 Å². The lowest BCUT2D eigenvalue weighted by Crippen LogP contribution is -2.25. The normalized spacial score (nSPS) is 12.2. The fourth-order valence-corrected chi connectivity index (χ4v) is 1.96. The second kappa shape index (κ2) is 7.24. The Kier molecular flexibility index (Phi) is 5.95. The molecule has 1 rings (SSSR count). The van der Waals surface area contributed by atoms with Crippen LogP contribution >= 0.6 is 11.6 Å². The van der Waals surface area contributed by atoms with Gasteiger partial charge in [0.15, 0.2) is 0 Å². The number of hydrogen-bond donors (Lipinski definition) is 2. The molecule has 1 atom stereocenters. The molecule has 0 spiro atoms. The molecular formula is C13H18ClNO3. The van der Waals surface area contributed by atoms with E-state index in [-0.39, 0.29) is 11.6 Å². The number of benzene rings is 1. The third-order valence-electron chi connectivity index (χ3n) is 2.58. The van der Waals surface area contributed by atoms with Gasteiger partial charge in [-0.15, -0.1) is 0 Å². The molecule has 0 fully saturated rings. The first-order chi connectivity index (χ1) is 8.58. The van der Waals surface area contributed by atoms with Crippen LogP contribution in [-0.4, -0.2) is 30.8 Å². The molecule has 1 unspecified atom stereocenters. The van der Waals surface area contributed by atoms with Crippen molar-refractivity contribution in [3.63, 3.8) is 0 Å². The summed E-state index contributed by atoms with van der Waals surface area (Å²) < 4.78 is 5.12. The molecule has 5 heteroatoms. The first kappa shape index (κ1) is 14.8. The zero-order chi connectivity index (χ0) is 13.5. The molecule has 0 heterocycles. The number of hydrogen-bond acceptors (Lipinski definition) is 3. The Balaban J connectivity index is 2.92. The summed E-state index contributed by atoms with van der Waals surface area (Å²) >= 11 is 5.89. The highest BCUT2D eigenvalue weighted by molar-refractivity contribution is 6.31. The number of carboxylic acids is 1. The van der Waals surface area contributed by atoms with E-state index in [1.54, 1.807) is 19.2 Å². The second-order valence-corrected chi connectivity index (χ2v) is 4.52. The van der Waals surface area contributed by atoms with Crippen molar-refractivity contribution in [2.45, 2.75) is 25.8 Å². The second-order valence-electron chi connectivity index (χ2n) is 4.08. The zero-order valence-electron chi connectivity index (χ0n) is 10.6. The minimum absolute atomic E-state index is 0.0802. The topological polar surface area (TPSA) is 58.6 Å². The highest BCUT2D eigenvalue weighted by Gasteiger charge is 2.14. The van der Waals surface area contributed by atoms with Crippen LogP contribution in [0.25, 0.3) is 0 Å². The lowest BCUT2D eigenvalue weighted by molar-refractivity contribution is 0.0697. The van der Waals surface area contributed by atoms with Crippen molar-refractivity contribution >= 4 is 23.3 Å². The van der Waals surface area contributed by atoms with Crippen molar-refractivity contribution in [1.82, 2.24) is 0 Å². The lowest BCUT2D eigenvalue weighted by atomic mass is 10.1. The standard InChI is InChI=1S/C13H18ClNO3/c1-3-4-10(8-18-2)15-12-7-9(14)5-6-11(12)13(16)17/h5-7,10,15H,3-4,8H2,1-2H3,(H,16,17). The summed E-state index contributed by atoms with van der Waals surface area (Å²) in [6.07, 6.45) is 1.89. The SMILES string of the molecule is CCCC(COC)Nc1cc(Cl)ccc1C(=O)O. The molecule has 0 saturated heterocycles. The molecule has 0 radical (unpaired) electrons. The molecule has 1 aromatic rings. The minimum atomic E-state index is -0.971. The lowest BCUT2D eigenvalue weighted by Gasteiger charge is -2.20. The van der Waals surface area contributed by atoms with Crippen LogP contribution < -0.4 is 5.32 Å². The van der Waals surface area contributed by atoms with Crippen LogP contribution in [0.3, 0.4) is 0 Å². The average molecular weight is 272 g/mol. The van der Waals surface area contributed by atoms with Crippen LogP contribution in [0.1, 0.15) is 30.1 Å². The molecule has 0 aliphatic heterocycles. The maximum absolute atomic E-state index is 11.1. The average Bonchev–Trinajstić information content (AvgIpc) is 2.29. The Hall–Kier alpha value is -1.26.